The van der Waals surface area contributed by atoms with Crippen LogP contribution in [0.5, 0.6) is 0 Å². The van der Waals surface area contributed by atoms with E-state index in [9.17, 15) is 9.59 Å². The molecule has 1 atom stereocenters. The number of carbonyl (C=O) groups excluding carboxylic acids is 2. The van der Waals surface area contributed by atoms with Gasteiger partial charge in [-0.1, -0.05) is 29.8 Å². The highest BCUT2D eigenvalue weighted by atomic mass is 35.5. The van der Waals surface area contributed by atoms with Crippen LogP contribution in [0.25, 0.3) is 16.9 Å². The SMILES string of the molecule is O=C(NCc1ccc(-n2cnc3ccccc32)nc1)C1CCN(c2ccc(Cl)cc2)C1=O. The molecule has 3 heterocycles. The van der Waals surface area contributed by atoms with Crippen molar-refractivity contribution in [3.8, 4) is 5.82 Å². The largest absolute Gasteiger partial charge is 0.351 e. The minimum atomic E-state index is -0.685. The topological polar surface area (TPSA) is 80.1 Å². The number of pyridine rings is 1. The zero-order valence-electron chi connectivity index (χ0n) is 17.1. The third kappa shape index (κ3) is 3.83. The van der Waals surface area contributed by atoms with E-state index in [1.165, 1.54) is 0 Å². The van der Waals surface area contributed by atoms with Crippen molar-refractivity contribution in [1.82, 2.24) is 19.9 Å². The third-order valence-corrected chi connectivity index (χ3v) is 5.89. The minimum Gasteiger partial charge on any atom is -0.351 e. The third-order valence-electron chi connectivity index (χ3n) is 5.64. The molecule has 7 nitrogen and oxygen atoms in total. The van der Waals surface area contributed by atoms with Crippen molar-refractivity contribution in [3.63, 3.8) is 0 Å². The Balaban J connectivity index is 1.22. The molecule has 5 rings (SSSR count). The van der Waals surface area contributed by atoms with Crippen molar-refractivity contribution in [2.24, 2.45) is 5.92 Å². The Morgan fingerprint density at radius 3 is 2.66 bits per heavy atom. The Kier molecular flexibility index (Phi) is 5.33. The maximum absolute atomic E-state index is 12.7. The van der Waals surface area contributed by atoms with Gasteiger partial charge in [0.2, 0.25) is 11.8 Å². The van der Waals surface area contributed by atoms with Gasteiger partial charge in [0.1, 0.15) is 18.1 Å². The predicted molar refractivity (Wildman–Crippen MR) is 123 cm³/mol. The molecule has 2 amide bonds. The summed E-state index contributed by atoms with van der Waals surface area (Å²) >= 11 is 5.92. The molecule has 0 aliphatic carbocycles. The second kappa shape index (κ2) is 8.43. The van der Waals surface area contributed by atoms with E-state index in [1.54, 1.807) is 41.7 Å². The highest BCUT2D eigenvalue weighted by molar-refractivity contribution is 6.30. The Labute approximate surface area is 189 Å². The van der Waals surface area contributed by atoms with Gasteiger partial charge >= 0.3 is 0 Å². The first-order valence-corrected chi connectivity index (χ1v) is 10.7. The average Bonchev–Trinajstić information content (AvgIpc) is 3.42. The van der Waals surface area contributed by atoms with E-state index in [0.29, 0.717) is 24.5 Å². The molecule has 0 spiro atoms. The zero-order chi connectivity index (χ0) is 22.1. The molecule has 2 aromatic carbocycles. The van der Waals surface area contributed by atoms with Crippen molar-refractivity contribution in [1.29, 1.82) is 0 Å². The molecule has 1 unspecified atom stereocenters. The Hall–Kier alpha value is -3.71. The van der Waals surface area contributed by atoms with E-state index in [0.717, 1.165) is 28.1 Å². The van der Waals surface area contributed by atoms with Crippen molar-refractivity contribution < 1.29 is 9.59 Å². The van der Waals surface area contributed by atoms with Crippen molar-refractivity contribution in [3.05, 3.63) is 83.8 Å². The molecule has 1 fully saturated rings. The van der Waals surface area contributed by atoms with E-state index in [2.05, 4.69) is 15.3 Å². The van der Waals surface area contributed by atoms with Crippen LogP contribution in [0.4, 0.5) is 5.69 Å². The van der Waals surface area contributed by atoms with Gasteiger partial charge < -0.3 is 10.2 Å². The average molecular weight is 446 g/mol. The van der Waals surface area contributed by atoms with Crippen LogP contribution in [0.15, 0.2) is 73.2 Å². The summed E-state index contributed by atoms with van der Waals surface area (Å²) < 4.78 is 1.92. The lowest BCUT2D eigenvalue weighted by Crippen LogP contribution is -2.36. The van der Waals surface area contributed by atoms with E-state index < -0.39 is 5.92 Å². The van der Waals surface area contributed by atoms with E-state index in [1.807, 2.05) is 41.0 Å². The second-order valence-electron chi connectivity index (χ2n) is 7.65. The maximum atomic E-state index is 12.7. The summed E-state index contributed by atoms with van der Waals surface area (Å²) in [5.41, 5.74) is 3.48. The van der Waals surface area contributed by atoms with Crippen molar-refractivity contribution >= 4 is 40.1 Å². The number of nitrogens with one attached hydrogen (secondary N) is 1. The van der Waals surface area contributed by atoms with Gasteiger partial charge in [0.25, 0.3) is 0 Å². The normalized spacial score (nSPS) is 16.0. The Morgan fingerprint density at radius 2 is 1.88 bits per heavy atom. The summed E-state index contributed by atoms with van der Waals surface area (Å²) in [7, 11) is 0. The summed E-state index contributed by atoms with van der Waals surface area (Å²) in [6, 6.07) is 18.7. The summed E-state index contributed by atoms with van der Waals surface area (Å²) in [6.07, 6.45) is 3.95. The Bertz CT molecular complexity index is 1280. The predicted octanol–water partition coefficient (Wildman–Crippen LogP) is 3.74. The van der Waals surface area contributed by atoms with Gasteiger partial charge in [-0.3, -0.25) is 14.2 Å². The monoisotopic (exact) mass is 445 g/mol. The van der Waals surface area contributed by atoms with Gasteiger partial charge in [-0.15, -0.1) is 0 Å². The number of nitrogens with zero attached hydrogens (tertiary/aromatic N) is 4. The summed E-state index contributed by atoms with van der Waals surface area (Å²) in [4.78, 5) is 35.9. The number of carbonyl (C=O) groups is 2. The molecule has 0 radical (unpaired) electrons. The number of hydrogen-bond acceptors (Lipinski definition) is 4. The summed E-state index contributed by atoms with van der Waals surface area (Å²) in [5.74, 6) is -0.394. The number of anilines is 1. The molecule has 0 saturated carbocycles. The van der Waals surface area contributed by atoms with Crippen LogP contribution < -0.4 is 10.2 Å². The lowest BCUT2D eigenvalue weighted by molar-refractivity contribution is -0.132. The standard InChI is InChI=1S/C24H20ClN5O2/c25-17-6-8-18(9-7-17)29-12-11-19(24(29)32)23(31)27-14-16-5-10-22(26-13-16)30-15-28-20-3-1-2-4-21(20)30/h1-10,13,15,19H,11-12,14H2,(H,27,31). The smallest absolute Gasteiger partial charge is 0.239 e. The van der Waals surface area contributed by atoms with Crippen LogP contribution in [-0.4, -0.2) is 32.9 Å². The first-order valence-electron chi connectivity index (χ1n) is 10.3. The van der Waals surface area contributed by atoms with Crippen LogP contribution in [0.3, 0.4) is 0 Å². The zero-order valence-corrected chi connectivity index (χ0v) is 17.9. The second-order valence-corrected chi connectivity index (χ2v) is 8.09. The van der Waals surface area contributed by atoms with E-state index in [-0.39, 0.29) is 11.8 Å². The van der Waals surface area contributed by atoms with Crippen LogP contribution in [0, 0.1) is 5.92 Å². The lowest BCUT2D eigenvalue weighted by atomic mass is 10.1. The molecular formula is C24H20ClN5O2. The number of benzene rings is 2. The van der Waals surface area contributed by atoms with Crippen molar-refractivity contribution in [2.75, 3.05) is 11.4 Å². The number of para-hydroxylation sites is 2. The van der Waals surface area contributed by atoms with E-state index in [4.69, 9.17) is 11.6 Å². The van der Waals surface area contributed by atoms with Gasteiger partial charge in [-0.05, 0) is 54.4 Å². The van der Waals surface area contributed by atoms with Crippen LogP contribution in [-0.2, 0) is 16.1 Å². The molecule has 1 N–H and O–H groups in total. The van der Waals surface area contributed by atoms with Gasteiger partial charge in [0, 0.05) is 30.0 Å². The molecule has 1 saturated heterocycles. The molecule has 160 valence electrons. The summed E-state index contributed by atoms with van der Waals surface area (Å²) in [5, 5.41) is 3.48. The number of halogens is 1. The molecule has 4 aromatic rings. The maximum Gasteiger partial charge on any atom is 0.239 e. The number of hydrogen-bond donors (Lipinski definition) is 1. The van der Waals surface area contributed by atoms with Crippen LogP contribution >= 0.6 is 11.6 Å². The first-order chi connectivity index (χ1) is 15.6. The molecule has 1 aliphatic heterocycles. The minimum absolute atomic E-state index is 0.190. The molecule has 1 aliphatic rings. The fourth-order valence-electron chi connectivity index (χ4n) is 3.92. The Morgan fingerprint density at radius 1 is 1.06 bits per heavy atom. The summed E-state index contributed by atoms with van der Waals surface area (Å²) in [6.45, 7) is 0.815. The number of amides is 2. The molecule has 8 heteroatoms. The lowest BCUT2D eigenvalue weighted by Gasteiger charge is -2.17. The van der Waals surface area contributed by atoms with Crippen LogP contribution in [0.2, 0.25) is 5.02 Å². The quantitative estimate of drug-likeness (QED) is 0.474. The first kappa shape index (κ1) is 20.2. The number of rotatable bonds is 5. The fourth-order valence-corrected chi connectivity index (χ4v) is 4.04. The van der Waals surface area contributed by atoms with Gasteiger partial charge in [0.15, 0.2) is 0 Å². The molecule has 32 heavy (non-hydrogen) atoms. The molecule has 0 bridgehead atoms. The van der Waals surface area contributed by atoms with Crippen molar-refractivity contribution in [2.45, 2.75) is 13.0 Å². The molecule has 2 aromatic heterocycles. The van der Waals surface area contributed by atoms with Gasteiger partial charge in [-0.25, -0.2) is 9.97 Å². The highest BCUT2D eigenvalue weighted by Gasteiger charge is 2.37. The fraction of sp³-hybridized carbons (Fsp3) is 0.167. The molecular weight excluding hydrogens is 426 g/mol. The van der Waals surface area contributed by atoms with Gasteiger partial charge in [-0.2, -0.15) is 0 Å². The number of fused-ring (bicyclic) bond motifs is 1. The number of aromatic nitrogens is 3. The number of imidazole rings is 1. The highest BCUT2D eigenvalue weighted by Crippen LogP contribution is 2.26. The van der Waals surface area contributed by atoms with E-state index >= 15 is 0 Å². The van der Waals surface area contributed by atoms with Crippen LogP contribution in [0.1, 0.15) is 12.0 Å². The van der Waals surface area contributed by atoms with Gasteiger partial charge in [0.05, 0.1) is 11.0 Å².